The minimum Gasteiger partial charge on any atom is -0.497 e. The van der Waals surface area contributed by atoms with Gasteiger partial charge in [0.1, 0.15) is 17.3 Å². The van der Waals surface area contributed by atoms with Crippen LogP contribution in [-0.4, -0.2) is 52.0 Å². The number of amides is 1. The third kappa shape index (κ3) is 5.06. The summed E-state index contributed by atoms with van der Waals surface area (Å²) in [5, 5.41) is 0. The second-order valence-electron chi connectivity index (χ2n) is 8.33. The summed E-state index contributed by atoms with van der Waals surface area (Å²) in [5.74, 6) is 0.437. The van der Waals surface area contributed by atoms with E-state index < -0.39 is 9.84 Å². The molecule has 0 spiro atoms. The number of furan rings is 1. The quantitative estimate of drug-likeness (QED) is 0.546. The summed E-state index contributed by atoms with van der Waals surface area (Å²) in [5.41, 5.74) is 2.35. The summed E-state index contributed by atoms with van der Waals surface area (Å²) in [6.45, 7) is 6.01. The van der Waals surface area contributed by atoms with Crippen molar-refractivity contribution in [2.75, 3.05) is 31.6 Å². The molecule has 174 valence electrons. The van der Waals surface area contributed by atoms with Gasteiger partial charge in [-0.2, -0.15) is 0 Å². The molecule has 1 fully saturated rings. The predicted molar refractivity (Wildman–Crippen MR) is 126 cm³/mol. The maximum absolute atomic E-state index is 13.0. The highest BCUT2D eigenvalue weighted by atomic mass is 32.2. The van der Waals surface area contributed by atoms with Crippen molar-refractivity contribution in [3.8, 4) is 5.75 Å². The molecule has 1 saturated heterocycles. The molecule has 3 aromatic rings. The molecule has 0 aliphatic carbocycles. The van der Waals surface area contributed by atoms with Crippen LogP contribution in [0.25, 0.3) is 0 Å². The lowest BCUT2D eigenvalue weighted by atomic mass is 10.1. The average molecular weight is 469 g/mol. The SMILES string of the molecule is COc1ccc(S(=O)(=O)Cc2ccc(C(=O)N3CCN(c4cccc(C)c4)[C@@H](C)C3)o2)cc1. The number of sulfone groups is 1. The van der Waals surface area contributed by atoms with Crippen LogP contribution in [0.4, 0.5) is 5.69 Å². The van der Waals surface area contributed by atoms with E-state index in [1.807, 2.05) is 6.07 Å². The summed E-state index contributed by atoms with van der Waals surface area (Å²) in [4.78, 5) is 17.2. The van der Waals surface area contributed by atoms with E-state index in [2.05, 4.69) is 36.9 Å². The maximum Gasteiger partial charge on any atom is 0.289 e. The summed E-state index contributed by atoms with van der Waals surface area (Å²) in [6.07, 6.45) is 0. The highest BCUT2D eigenvalue weighted by Gasteiger charge is 2.29. The van der Waals surface area contributed by atoms with Gasteiger partial charge in [0.25, 0.3) is 5.91 Å². The van der Waals surface area contributed by atoms with Crippen molar-refractivity contribution in [1.82, 2.24) is 4.90 Å². The van der Waals surface area contributed by atoms with Gasteiger partial charge in [0.05, 0.1) is 12.0 Å². The highest BCUT2D eigenvalue weighted by Crippen LogP contribution is 2.24. The molecule has 0 bridgehead atoms. The molecule has 0 radical (unpaired) electrons. The summed E-state index contributed by atoms with van der Waals surface area (Å²) in [7, 11) is -2.08. The number of carbonyl (C=O) groups excluding carboxylic acids is 1. The van der Waals surface area contributed by atoms with Crippen molar-refractivity contribution in [3.05, 3.63) is 77.7 Å². The number of nitrogens with zero attached hydrogens (tertiary/aromatic N) is 2. The van der Waals surface area contributed by atoms with Gasteiger partial charge in [-0.25, -0.2) is 8.42 Å². The smallest absolute Gasteiger partial charge is 0.289 e. The van der Waals surface area contributed by atoms with Crippen LogP contribution in [0, 0.1) is 6.92 Å². The van der Waals surface area contributed by atoms with Gasteiger partial charge in [-0.05, 0) is 67.9 Å². The first-order chi connectivity index (χ1) is 15.8. The lowest BCUT2D eigenvalue weighted by molar-refractivity contribution is 0.0692. The van der Waals surface area contributed by atoms with Crippen LogP contribution in [0.2, 0.25) is 0 Å². The molecule has 7 nitrogen and oxygen atoms in total. The minimum absolute atomic E-state index is 0.148. The molecule has 1 atom stereocenters. The Kier molecular flexibility index (Phi) is 6.47. The number of carbonyl (C=O) groups is 1. The fraction of sp³-hybridized carbons (Fsp3) is 0.320. The number of benzene rings is 2. The monoisotopic (exact) mass is 468 g/mol. The third-order valence-corrected chi connectivity index (χ3v) is 7.53. The van der Waals surface area contributed by atoms with Crippen molar-refractivity contribution < 1.29 is 22.4 Å². The van der Waals surface area contributed by atoms with E-state index in [1.54, 1.807) is 29.2 Å². The zero-order valence-electron chi connectivity index (χ0n) is 19.0. The van der Waals surface area contributed by atoms with Gasteiger partial charge >= 0.3 is 0 Å². The van der Waals surface area contributed by atoms with E-state index in [0.717, 1.165) is 12.2 Å². The van der Waals surface area contributed by atoms with Crippen molar-refractivity contribution >= 4 is 21.4 Å². The summed E-state index contributed by atoms with van der Waals surface area (Å²) >= 11 is 0. The van der Waals surface area contributed by atoms with Gasteiger partial charge < -0.3 is 19.0 Å². The fourth-order valence-corrected chi connectivity index (χ4v) is 5.36. The first-order valence-electron chi connectivity index (χ1n) is 10.8. The van der Waals surface area contributed by atoms with Crippen LogP contribution in [0.3, 0.4) is 0 Å². The minimum atomic E-state index is -3.61. The number of aryl methyl sites for hydroxylation is 1. The molecule has 1 aromatic heterocycles. The lowest BCUT2D eigenvalue weighted by Crippen LogP contribution is -2.53. The second kappa shape index (κ2) is 9.31. The van der Waals surface area contributed by atoms with Crippen LogP contribution >= 0.6 is 0 Å². The van der Waals surface area contributed by atoms with Gasteiger partial charge in [-0.15, -0.1) is 0 Å². The molecule has 2 aromatic carbocycles. The van der Waals surface area contributed by atoms with Gasteiger partial charge in [0.15, 0.2) is 15.6 Å². The van der Waals surface area contributed by atoms with Crippen LogP contribution in [-0.2, 0) is 15.6 Å². The Morgan fingerprint density at radius 3 is 2.52 bits per heavy atom. The number of piperazine rings is 1. The lowest BCUT2D eigenvalue weighted by Gasteiger charge is -2.41. The second-order valence-corrected chi connectivity index (χ2v) is 10.3. The van der Waals surface area contributed by atoms with E-state index >= 15 is 0 Å². The Labute approximate surface area is 194 Å². The molecule has 2 heterocycles. The van der Waals surface area contributed by atoms with Crippen LogP contribution < -0.4 is 9.64 Å². The maximum atomic E-state index is 13.0. The predicted octanol–water partition coefficient (Wildman–Crippen LogP) is 3.92. The van der Waals surface area contributed by atoms with Gasteiger partial charge in [-0.1, -0.05) is 12.1 Å². The molecule has 0 N–H and O–H groups in total. The molecule has 8 heteroatoms. The van der Waals surface area contributed by atoms with E-state index in [1.165, 1.54) is 24.8 Å². The fourth-order valence-electron chi connectivity index (χ4n) is 4.11. The number of methoxy groups -OCH3 is 1. The topological polar surface area (TPSA) is 80.1 Å². The Balaban J connectivity index is 1.41. The van der Waals surface area contributed by atoms with E-state index in [9.17, 15) is 13.2 Å². The summed E-state index contributed by atoms with van der Waals surface area (Å²) < 4.78 is 36.2. The Morgan fingerprint density at radius 1 is 1.09 bits per heavy atom. The van der Waals surface area contributed by atoms with Gasteiger partial charge in [0, 0.05) is 31.4 Å². The van der Waals surface area contributed by atoms with Crippen LogP contribution in [0.5, 0.6) is 5.75 Å². The molecular weight excluding hydrogens is 440 g/mol. The molecule has 0 saturated carbocycles. The first kappa shape index (κ1) is 22.9. The Hall–Kier alpha value is -3.26. The standard InChI is InChI=1S/C25H28N2O5S/c1-18-5-4-6-20(15-18)27-14-13-26(16-19(27)2)25(28)24-12-9-22(32-24)17-33(29,30)23-10-7-21(31-3)8-11-23/h4-12,15,19H,13-14,16-17H2,1-3H3/t19-/m0/s1. The average Bonchev–Trinajstić information content (AvgIpc) is 3.26. The highest BCUT2D eigenvalue weighted by molar-refractivity contribution is 7.90. The number of hydrogen-bond acceptors (Lipinski definition) is 6. The van der Waals surface area contributed by atoms with Crippen LogP contribution in [0.15, 0.2) is 70.0 Å². The Morgan fingerprint density at radius 2 is 1.85 bits per heavy atom. The summed E-state index contributed by atoms with van der Waals surface area (Å²) in [6, 6.07) is 17.8. The largest absolute Gasteiger partial charge is 0.497 e. The Bertz CT molecular complexity index is 1230. The number of hydrogen-bond donors (Lipinski definition) is 0. The van der Waals surface area contributed by atoms with Crippen molar-refractivity contribution in [2.24, 2.45) is 0 Å². The number of rotatable bonds is 6. The molecule has 33 heavy (non-hydrogen) atoms. The van der Waals surface area contributed by atoms with Gasteiger partial charge in [0.2, 0.25) is 0 Å². The van der Waals surface area contributed by atoms with E-state index in [0.29, 0.717) is 18.8 Å². The molecule has 4 rings (SSSR count). The third-order valence-electron chi connectivity index (χ3n) is 5.87. The van der Waals surface area contributed by atoms with Gasteiger partial charge in [-0.3, -0.25) is 4.79 Å². The number of anilines is 1. The zero-order chi connectivity index (χ0) is 23.6. The molecule has 1 aliphatic rings. The zero-order valence-corrected chi connectivity index (χ0v) is 19.8. The molecule has 1 amide bonds. The normalized spacial score (nSPS) is 16.6. The van der Waals surface area contributed by atoms with E-state index in [4.69, 9.17) is 9.15 Å². The van der Waals surface area contributed by atoms with Crippen molar-refractivity contribution in [1.29, 1.82) is 0 Å². The molecule has 0 unspecified atom stereocenters. The van der Waals surface area contributed by atoms with E-state index in [-0.39, 0.29) is 34.1 Å². The molecular formula is C25H28N2O5S. The number of ether oxygens (including phenoxy) is 1. The van der Waals surface area contributed by atoms with Crippen molar-refractivity contribution in [3.63, 3.8) is 0 Å². The molecule has 1 aliphatic heterocycles. The van der Waals surface area contributed by atoms with Crippen LogP contribution in [0.1, 0.15) is 28.8 Å². The first-order valence-corrected chi connectivity index (χ1v) is 12.5. The van der Waals surface area contributed by atoms with Crippen molar-refractivity contribution in [2.45, 2.75) is 30.5 Å².